The fourth-order valence-corrected chi connectivity index (χ4v) is 5.80. The van der Waals surface area contributed by atoms with Crippen molar-refractivity contribution in [1.29, 1.82) is 0 Å². The number of amides is 1. The molecule has 0 radical (unpaired) electrons. The summed E-state index contributed by atoms with van der Waals surface area (Å²) < 4.78 is 63.0. The molecular weight excluding hydrogens is 522 g/mol. The van der Waals surface area contributed by atoms with Crippen LogP contribution in [0.5, 0.6) is 0 Å². The quantitative estimate of drug-likeness (QED) is 0.285. The van der Waals surface area contributed by atoms with Gasteiger partial charge in [-0.3, -0.25) is 4.31 Å². The number of carbonyl (C=O) groups is 1. The number of anilines is 1. The lowest BCUT2D eigenvalue weighted by molar-refractivity contribution is 0.107. The molecule has 3 rings (SSSR count). The van der Waals surface area contributed by atoms with Gasteiger partial charge in [0, 0.05) is 30.6 Å². The maximum Gasteiger partial charge on any atom is 0.409 e. The Labute approximate surface area is 221 Å². The van der Waals surface area contributed by atoms with Crippen LogP contribution in [0.15, 0.2) is 71.6 Å². The summed E-state index contributed by atoms with van der Waals surface area (Å²) in [6.07, 6.45) is -0.141. The van der Waals surface area contributed by atoms with Crippen LogP contribution in [0, 0.1) is 11.6 Å². The maximum atomic E-state index is 15.0. The molecule has 198 valence electrons. The molecule has 0 spiro atoms. The van der Waals surface area contributed by atoms with Gasteiger partial charge in [-0.25, -0.2) is 22.0 Å². The van der Waals surface area contributed by atoms with E-state index in [0.717, 1.165) is 22.5 Å². The zero-order valence-electron chi connectivity index (χ0n) is 20.8. The number of hydrogen-bond acceptors (Lipinski definition) is 4. The van der Waals surface area contributed by atoms with Crippen LogP contribution in [0.2, 0.25) is 5.02 Å². The van der Waals surface area contributed by atoms with Gasteiger partial charge in [-0.1, -0.05) is 35.9 Å². The highest BCUT2D eigenvalue weighted by atomic mass is 35.5. The Hall–Kier alpha value is -3.17. The van der Waals surface area contributed by atoms with Crippen molar-refractivity contribution in [2.75, 3.05) is 24.0 Å². The Morgan fingerprint density at radius 1 is 1.00 bits per heavy atom. The number of nitrogens with zero attached hydrogens (tertiary/aromatic N) is 2. The van der Waals surface area contributed by atoms with E-state index in [1.807, 2.05) is 13.8 Å². The fraction of sp³-hybridized carbons (Fsp3) is 0.296. The fourth-order valence-electron chi connectivity index (χ4n) is 4.04. The first-order valence-electron chi connectivity index (χ1n) is 11.8. The summed E-state index contributed by atoms with van der Waals surface area (Å²) in [5.74, 6) is -1.67. The first-order valence-corrected chi connectivity index (χ1v) is 13.7. The Balaban J connectivity index is 2.02. The van der Waals surface area contributed by atoms with Gasteiger partial charge in [0.25, 0.3) is 10.0 Å². The van der Waals surface area contributed by atoms with Gasteiger partial charge < -0.3 is 9.64 Å². The zero-order valence-corrected chi connectivity index (χ0v) is 22.4. The monoisotopic (exact) mass is 550 g/mol. The lowest BCUT2D eigenvalue weighted by atomic mass is 9.99. The van der Waals surface area contributed by atoms with Crippen LogP contribution in [-0.2, 0) is 21.2 Å². The molecular formula is C27H29ClF2N2O4S. The van der Waals surface area contributed by atoms with Gasteiger partial charge in [-0.15, -0.1) is 0 Å². The van der Waals surface area contributed by atoms with Gasteiger partial charge in [0.15, 0.2) is 0 Å². The predicted molar refractivity (Wildman–Crippen MR) is 140 cm³/mol. The molecule has 10 heteroatoms. The Morgan fingerprint density at radius 3 is 2.30 bits per heavy atom. The van der Waals surface area contributed by atoms with Crippen LogP contribution < -0.4 is 4.31 Å². The molecule has 6 nitrogen and oxygen atoms in total. The molecule has 1 amide bonds. The van der Waals surface area contributed by atoms with Crippen molar-refractivity contribution in [3.8, 4) is 0 Å². The van der Waals surface area contributed by atoms with E-state index in [2.05, 4.69) is 0 Å². The van der Waals surface area contributed by atoms with Crippen molar-refractivity contribution in [3.05, 3.63) is 94.5 Å². The number of ether oxygens (including phenoxy) is 1. The molecule has 3 aromatic rings. The molecule has 0 aliphatic carbocycles. The van der Waals surface area contributed by atoms with E-state index in [-0.39, 0.29) is 11.5 Å². The summed E-state index contributed by atoms with van der Waals surface area (Å²) in [6.45, 7) is 6.39. The zero-order chi connectivity index (χ0) is 27.2. The largest absolute Gasteiger partial charge is 0.449 e. The van der Waals surface area contributed by atoms with E-state index < -0.39 is 39.5 Å². The molecule has 0 bridgehead atoms. The van der Waals surface area contributed by atoms with Crippen molar-refractivity contribution < 1.29 is 26.7 Å². The van der Waals surface area contributed by atoms with E-state index in [9.17, 15) is 22.0 Å². The Bertz CT molecular complexity index is 1330. The van der Waals surface area contributed by atoms with E-state index >= 15 is 0 Å². The second-order valence-corrected chi connectivity index (χ2v) is 10.5. The van der Waals surface area contributed by atoms with Crippen LogP contribution in [0.4, 0.5) is 19.3 Å². The van der Waals surface area contributed by atoms with Crippen molar-refractivity contribution in [2.45, 2.75) is 38.1 Å². The van der Waals surface area contributed by atoms with Crippen molar-refractivity contribution >= 4 is 33.4 Å². The molecule has 0 heterocycles. The molecule has 0 aliphatic heterocycles. The molecule has 3 aromatic carbocycles. The van der Waals surface area contributed by atoms with Crippen molar-refractivity contribution in [1.82, 2.24) is 4.90 Å². The summed E-state index contributed by atoms with van der Waals surface area (Å²) in [5.41, 5.74) is 0.836. The molecule has 0 saturated heterocycles. The lowest BCUT2D eigenvalue weighted by Gasteiger charge is -2.32. The molecule has 1 atom stereocenters. The third-order valence-corrected chi connectivity index (χ3v) is 8.14. The van der Waals surface area contributed by atoms with Crippen molar-refractivity contribution in [3.63, 3.8) is 0 Å². The third-order valence-electron chi connectivity index (χ3n) is 5.99. The highest BCUT2D eigenvalue weighted by Crippen LogP contribution is 2.36. The number of halogens is 3. The van der Waals surface area contributed by atoms with Gasteiger partial charge in [0.05, 0.1) is 23.2 Å². The normalized spacial score (nSPS) is 12.2. The van der Waals surface area contributed by atoms with Crippen LogP contribution >= 0.6 is 11.6 Å². The van der Waals surface area contributed by atoms with Crippen molar-refractivity contribution in [2.24, 2.45) is 0 Å². The Morgan fingerprint density at radius 2 is 1.65 bits per heavy atom. The van der Waals surface area contributed by atoms with Crippen LogP contribution in [0.25, 0.3) is 0 Å². The summed E-state index contributed by atoms with van der Waals surface area (Å²) in [4.78, 5) is 13.6. The first-order chi connectivity index (χ1) is 17.6. The molecule has 0 unspecified atom stereocenters. The molecule has 0 N–H and O–H groups in total. The molecule has 0 saturated carbocycles. The number of hydrogen-bond donors (Lipinski definition) is 0. The highest BCUT2D eigenvalue weighted by Gasteiger charge is 2.33. The third kappa shape index (κ3) is 6.59. The predicted octanol–water partition coefficient (Wildman–Crippen LogP) is 6.60. The smallest absolute Gasteiger partial charge is 0.409 e. The van der Waals surface area contributed by atoms with E-state index in [1.54, 1.807) is 36.1 Å². The number of carbonyl (C=O) groups excluding carboxylic acids is 1. The minimum absolute atomic E-state index is 0.0668. The van der Waals surface area contributed by atoms with Crippen LogP contribution in [0.3, 0.4) is 0 Å². The lowest BCUT2D eigenvalue weighted by Crippen LogP contribution is -2.35. The van der Waals surface area contributed by atoms with E-state index in [0.29, 0.717) is 35.7 Å². The first kappa shape index (κ1) is 28.4. The van der Waals surface area contributed by atoms with Crippen LogP contribution in [-0.4, -0.2) is 39.1 Å². The molecule has 0 aliphatic rings. The minimum atomic E-state index is -4.35. The maximum absolute atomic E-state index is 15.0. The van der Waals surface area contributed by atoms with Gasteiger partial charge in [0.1, 0.15) is 11.6 Å². The van der Waals surface area contributed by atoms with Crippen LogP contribution in [0.1, 0.15) is 37.9 Å². The summed E-state index contributed by atoms with van der Waals surface area (Å²) in [7, 11) is -4.35. The molecule has 0 aromatic heterocycles. The van der Waals surface area contributed by atoms with Gasteiger partial charge in [-0.2, -0.15) is 0 Å². The Kier molecular flexibility index (Phi) is 9.50. The summed E-state index contributed by atoms with van der Waals surface area (Å²) in [5, 5.41) is 0.333. The minimum Gasteiger partial charge on any atom is -0.449 e. The summed E-state index contributed by atoms with van der Waals surface area (Å²) >= 11 is 5.94. The van der Waals surface area contributed by atoms with E-state index in [4.69, 9.17) is 16.3 Å². The van der Waals surface area contributed by atoms with E-state index in [1.165, 1.54) is 24.3 Å². The average molecular weight is 551 g/mol. The number of benzene rings is 3. The molecule has 37 heavy (non-hydrogen) atoms. The van der Waals surface area contributed by atoms with Gasteiger partial charge >= 0.3 is 6.09 Å². The second-order valence-electron chi connectivity index (χ2n) is 8.26. The topological polar surface area (TPSA) is 66.9 Å². The molecule has 0 fully saturated rings. The van der Waals surface area contributed by atoms with Gasteiger partial charge in [0.2, 0.25) is 0 Å². The summed E-state index contributed by atoms with van der Waals surface area (Å²) in [6, 6.07) is 14.2. The average Bonchev–Trinajstić information content (AvgIpc) is 2.87. The highest BCUT2D eigenvalue weighted by molar-refractivity contribution is 7.92. The SMILES string of the molecule is CCN(CC)C(=O)OCCc1ccccc1[C@@H](C)N(c1cc(F)ccc1F)S(=O)(=O)c1ccc(Cl)cc1. The second kappa shape index (κ2) is 12.4. The number of rotatable bonds is 10. The van der Waals surface area contributed by atoms with Gasteiger partial charge in [-0.05, 0) is 68.3 Å². The number of sulfonamides is 1. The standard InChI is InChI=1S/C27H29ClF2N2O4S/c1-4-31(5-2)27(33)36-17-16-20-8-6-7-9-24(20)19(3)32(26-18-22(29)12-15-25(26)30)37(34,35)23-13-10-21(28)11-14-23/h6-15,18-19H,4-5,16-17H2,1-3H3/t19-/m1/s1.